The van der Waals surface area contributed by atoms with Gasteiger partial charge in [-0.2, -0.15) is 0 Å². The highest BCUT2D eigenvalue weighted by Gasteiger charge is 2.66. The van der Waals surface area contributed by atoms with E-state index in [1.54, 1.807) is 0 Å². The highest BCUT2D eigenvalue weighted by atomic mass is 35.5. The van der Waals surface area contributed by atoms with Crippen molar-refractivity contribution in [2.75, 3.05) is 0 Å². The molecule has 2 saturated carbocycles. The van der Waals surface area contributed by atoms with Crippen LogP contribution in [0.3, 0.4) is 0 Å². The fourth-order valence-electron chi connectivity index (χ4n) is 5.20. The molecule has 3 unspecified atom stereocenters. The number of benzene rings is 1. The van der Waals surface area contributed by atoms with Gasteiger partial charge < -0.3 is 21.7 Å². The summed E-state index contributed by atoms with van der Waals surface area (Å²) in [6.45, 7) is -0.0962. The van der Waals surface area contributed by atoms with Crippen LogP contribution in [0.4, 0.5) is 0 Å². The van der Waals surface area contributed by atoms with E-state index in [0.29, 0.717) is 5.56 Å². The van der Waals surface area contributed by atoms with Gasteiger partial charge in [-0.1, -0.05) is 11.6 Å². The summed E-state index contributed by atoms with van der Waals surface area (Å²) in [5, 5.41) is 21.8. The lowest BCUT2D eigenvalue weighted by Crippen LogP contribution is -2.68. The van der Waals surface area contributed by atoms with Crippen molar-refractivity contribution in [2.45, 2.75) is 31.4 Å². The minimum atomic E-state index is -2.66. The Bertz CT molecular complexity index is 1050. The van der Waals surface area contributed by atoms with Gasteiger partial charge in [0.15, 0.2) is 34.7 Å². The van der Waals surface area contributed by atoms with Gasteiger partial charge in [-0.25, -0.2) is 0 Å². The summed E-state index contributed by atoms with van der Waals surface area (Å²) >= 11 is 6.28. The van der Waals surface area contributed by atoms with E-state index in [4.69, 9.17) is 23.1 Å². The molecule has 6 N–H and O–H groups in total. The summed E-state index contributed by atoms with van der Waals surface area (Å²) in [6, 6.07) is 1.45. The monoisotopic (exact) mass is 434 g/mol. The molecule has 5 atom stereocenters. The zero-order valence-corrected chi connectivity index (χ0v) is 16.4. The van der Waals surface area contributed by atoms with Gasteiger partial charge in [-0.15, -0.1) is 0 Å². The van der Waals surface area contributed by atoms with Crippen LogP contribution in [-0.2, 0) is 32.1 Å². The normalized spacial score (nSPS) is 33.0. The number of aliphatic hydroxyl groups is 1. The van der Waals surface area contributed by atoms with Crippen molar-refractivity contribution in [3.8, 4) is 5.75 Å². The number of rotatable bonds is 2. The van der Waals surface area contributed by atoms with E-state index in [1.807, 2.05) is 0 Å². The number of carbonyl (C=O) groups excluding carboxylic acids is 5. The predicted molar refractivity (Wildman–Crippen MR) is 101 cm³/mol. The highest BCUT2D eigenvalue weighted by molar-refractivity contribution is 6.34. The third-order valence-electron chi connectivity index (χ3n) is 6.65. The molecular weight excluding hydrogens is 416 g/mol. The van der Waals surface area contributed by atoms with Crippen LogP contribution in [0.2, 0.25) is 5.02 Å². The molecule has 9 nitrogen and oxygen atoms in total. The van der Waals surface area contributed by atoms with Gasteiger partial charge >= 0.3 is 0 Å². The minimum Gasteiger partial charge on any atom is -0.507 e. The van der Waals surface area contributed by atoms with Gasteiger partial charge in [-0.05, 0) is 30.4 Å². The molecule has 0 saturated heterocycles. The number of primary amides is 1. The molecule has 30 heavy (non-hydrogen) atoms. The van der Waals surface area contributed by atoms with Crippen molar-refractivity contribution in [1.82, 2.24) is 0 Å². The number of fused-ring (bicyclic) bond motifs is 3. The number of ketones is 4. The molecular formula is C20H19ClN2O7. The summed E-state index contributed by atoms with van der Waals surface area (Å²) < 4.78 is 0. The lowest BCUT2D eigenvalue weighted by Gasteiger charge is -2.48. The van der Waals surface area contributed by atoms with Crippen LogP contribution in [0.1, 0.15) is 34.3 Å². The van der Waals surface area contributed by atoms with Crippen LogP contribution in [0.25, 0.3) is 0 Å². The van der Waals surface area contributed by atoms with E-state index in [2.05, 4.69) is 0 Å². The Kier molecular flexibility index (Phi) is 4.61. The summed E-state index contributed by atoms with van der Waals surface area (Å²) in [5.41, 5.74) is 8.49. The molecule has 1 aromatic carbocycles. The van der Waals surface area contributed by atoms with E-state index in [0.717, 1.165) is 0 Å². The van der Waals surface area contributed by atoms with Crippen molar-refractivity contribution in [3.63, 3.8) is 0 Å². The van der Waals surface area contributed by atoms with Gasteiger partial charge in [-0.3, -0.25) is 24.0 Å². The van der Waals surface area contributed by atoms with Crippen LogP contribution in [0.5, 0.6) is 5.75 Å². The molecule has 4 rings (SSSR count). The van der Waals surface area contributed by atoms with E-state index in [9.17, 15) is 34.2 Å². The number of amides is 1. The molecule has 158 valence electrons. The topological polar surface area (TPSA) is 178 Å². The number of nitrogens with two attached hydrogens (primary N) is 2. The maximum atomic E-state index is 13.3. The van der Waals surface area contributed by atoms with Crippen LogP contribution < -0.4 is 11.5 Å². The molecule has 1 amide bonds. The number of phenols is 1. The summed E-state index contributed by atoms with van der Waals surface area (Å²) in [5.74, 6) is -10.5. The second kappa shape index (κ2) is 6.69. The lowest BCUT2D eigenvalue weighted by atomic mass is 9.54. The van der Waals surface area contributed by atoms with Gasteiger partial charge in [0.25, 0.3) is 0 Å². The molecule has 0 heterocycles. The lowest BCUT2D eigenvalue weighted by molar-refractivity contribution is -0.175. The second-order valence-electron chi connectivity index (χ2n) is 8.16. The molecule has 10 heteroatoms. The molecule has 0 bridgehead atoms. The fourth-order valence-corrected chi connectivity index (χ4v) is 5.50. The van der Waals surface area contributed by atoms with Gasteiger partial charge in [0.1, 0.15) is 5.75 Å². The van der Waals surface area contributed by atoms with Crippen molar-refractivity contribution in [1.29, 1.82) is 0 Å². The van der Waals surface area contributed by atoms with Crippen LogP contribution in [0, 0.1) is 23.7 Å². The van der Waals surface area contributed by atoms with E-state index >= 15 is 0 Å². The number of aromatic hydroxyl groups is 1. The first-order chi connectivity index (χ1) is 14.0. The molecule has 0 spiro atoms. The van der Waals surface area contributed by atoms with Crippen molar-refractivity contribution in [2.24, 2.45) is 35.1 Å². The average molecular weight is 435 g/mol. The fraction of sp³-hybridized carbons (Fsp3) is 0.450. The molecule has 2 fully saturated rings. The average Bonchev–Trinajstić information content (AvgIpc) is 2.67. The Hall–Kier alpha value is -2.62. The first kappa shape index (κ1) is 20.6. The van der Waals surface area contributed by atoms with Gasteiger partial charge in [0.2, 0.25) is 5.91 Å². The Morgan fingerprint density at radius 1 is 1.20 bits per heavy atom. The van der Waals surface area contributed by atoms with Crippen LogP contribution >= 0.6 is 11.6 Å². The van der Waals surface area contributed by atoms with Crippen molar-refractivity contribution >= 4 is 40.6 Å². The Morgan fingerprint density at radius 2 is 1.87 bits per heavy atom. The van der Waals surface area contributed by atoms with E-state index in [-0.39, 0.29) is 47.7 Å². The number of phenolic OH excluding ortho intramolecular Hbond substituents is 1. The minimum absolute atomic E-state index is 0.0246. The molecule has 1 aromatic rings. The summed E-state index contributed by atoms with van der Waals surface area (Å²) in [6.07, 6.45) is -0.212. The number of Topliss-reactive ketones (excluding diaryl/α,β-unsaturated/α-hetero) is 4. The van der Waals surface area contributed by atoms with Crippen molar-refractivity contribution < 1.29 is 34.2 Å². The first-order valence-electron chi connectivity index (χ1n) is 9.44. The van der Waals surface area contributed by atoms with Gasteiger partial charge in [0, 0.05) is 29.5 Å². The van der Waals surface area contributed by atoms with E-state index < -0.39 is 58.3 Å². The smallest absolute Gasteiger partial charge is 0.235 e. The van der Waals surface area contributed by atoms with Crippen LogP contribution in [0.15, 0.2) is 6.07 Å². The predicted octanol–water partition coefficient (Wildman–Crippen LogP) is -0.561. The Morgan fingerprint density at radius 3 is 2.47 bits per heavy atom. The zero-order valence-electron chi connectivity index (χ0n) is 15.7. The summed E-state index contributed by atoms with van der Waals surface area (Å²) in [4.78, 5) is 63.2. The molecule has 0 radical (unpaired) electrons. The summed E-state index contributed by atoms with van der Waals surface area (Å²) in [7, 11) is 0. The van der Waals surface area contributed by atoms with Crippen LogP contribution in [-0.4, -0.2) is 44.9 Å². The number of hydrogen-bond acceptors (Lipinski definition) is 8. The first-order valence-corrected chi connectivity index (χ1v) is 9.82. The number of carbonyl (C=O) groups is 5. The largest absolute Gasteiger partial charge is 0.507 e. The molecule has 0 aliphatic heterocycles. The third kappa shape index (κ3) is 2.52. The quantitative estimate of drug-likeness (QED) is 0.447. The maximum absolute atomic E-state index is 13.3. The van der Waals surface area contributed by atoms with Crippen molar-refractivity contribution in [3.05, 3.63) is 27.8 Å². The number of halogens is 1. The number of hydrogen-bond donors (Lipinski definition) is 4. The highest BCUT2D eigenvalue weighted by Crippen LogP contribution is 2.51. The molecule has 0 aromatic heterocycles. The second-order valence-corrected chi connectivity index (χ2v) is 8.57. The van der Waals surface area contributed by atoms with Gasteiger partial charge in [0.05, 0.1) is 11.5 Å². The maximum Gasteiger partial charge on any atom is 0.235 e. The molecule has 3 aliphatic carbocycles. The standard InChI is InChI=1S/C20H19ClN2O7/c21-10-3-7(5-22)15(25)13-9(10)2-6-1-8-4-11(24)14(19(23)29)18(28)20(8,30)17(27)12(6)16(13)26/h3,6,8,12,14,25,30H,1-2,4-5,22H2,(H2,23,29)/t6?,8-,12?,14?,20-/m0/s1. The third-order valence-corrected chi connectivity index (χ3v) is 6.98. The Labute approximate surface area is 175 Å². The molecule has 3 aliphatic rings. The van der Waals surface area contributed by atoms with E-state index in [1.165, 1.54) is 6.07 Å². The Balaban J connectivity index is 1.83. The SMILES string of the molecule is NCc1cc(Cl)c2c(c1O)C(=O)C1C(=O)[C@]3(O)C(=O)C(C(N)=O)C(=O)C[C@@H]3CC1C2. The zero-order chi connectivity index (χ0) is 22.1.